The van der Waals surface area contributed by atoms with Crippen LogP contribution in [0.15, 0.2) is 224 Å². The van der Waals surface area contributed by atoms with Crippen LogP contribution in [0.5, 0.6) is 0 Å². The van der Waals surface area contributed by atoms with Gasteiger partial charge in [-0.1, -0.05) is 152 Å². The molecule has 0 saturated carbocycles. The maximum absolute atomic E-state index is 15.0. The zero-order valence-corrected chi connectivity index (χ0v) is 44.3. The molecule has 2 aromatic heterocycles. The highest BCUT2D eigenvalue weighted by atomic mass is 19.4. The first-order chi connectivity index (χ1) is 38.3. The Labute approximate surface area is 457 Å². The Bertz CT molecular complexity index is 4470. The van der Waals surface area contributed by atoms with E-state index >= 15 is 13.2 Å². The molecule has 0 atom stereocenters. The second kappa shape index (κ2) is 19.1. The fraction of sp³-hybridized carbons (Fsp3) is 0.0822. The molecule has 0 fully saturated rings. The van der Waals surface area contributed by atoms with Gasteiger partial charge in [-0.05, 0) is 191 Å². The first kappa shape index (κ1) is 48.9. The molecule has 0 aliphatic carbocycles. The highest BCUT2D eigenvalue weighted by Crippen LogP contribution is 2.50. The molecule has 0 N–H and O–H groups in total. The van der Waals surface area contributed by atoms with E-state index in [1.807, 2.05) is 30.3 Å². The topological polar surface area (TPSA) is 14.2 Å². The Morgan fingerprint density at radius 2 is 0.696 bits per heavy atom. The Morgan fingerprint density at radius 1 is 0.342 bits per heavy atom. The molecule has 380 valence electrons. The van der Waals surface area contributed by atoms with E-state index in [2.05, 4.69) is 224 Å². The number of hydrogen-bond donors (Lipinski definition) is 0. The fourth-order valence-electron chi connectivity index (χ4n) is 12.2. The number of hydrogen-bond acceptors (Lipinski definition) is 0. The lowest BCUT2D eigenvalue weighted by molar-refractivity contribution is -0.137. The zero-order valence-electron chi connectivity index (χ0n) is 44.3. The van der Waals surface area contributed by atoms with Crippen LogP contribution in [-0.2, 0) is 6.18 Å². The molecule has 0 aliphatic rings. The number of rotatable bonds is 8. The van der Waals surface area contributed by atoms with E-state index in [1.54, 1.807) is 6.92 Å². The van der Waals surface area contributed by atoms with E-state index in [9.17, 15) is 0 Å². The van der Waals surface area contributed by atoms with Gasteiger partial charge in [-0.15, -0.1) is 0 Å². The highest BCUT2D eigenvalue weighted by Gasteiger charge is 2.32. The maximum Gasteiger partial charge on any atom is 0.416 e. The molecule has 2 heterocycles. The molecule has 79 heavy (non-hydrogen) atoms. The molecule has 0 spiro atoms. The number of aryl methyl sites for hydroxylation is 5. The van der Waals surface area contributed by atoms with Crippen molar-refractivity contribution in [2.24, 2.45) is 0 Å². The van der Waals surface area contributed by atoms with Crippen molar-refractivity contribution < 1.29 is 13.2 Å². The lowest BCUT2D eigenvalue weighted by Gasteiger charge is -2.23. The molecule has 0 saturated heterocycles. The summed E-state index contributed by atoms with van der Waals surface area (Å²) < 4.78 is 49.6. The summed E-state index contributed by atoms with van der Waals surface area (Å²) in [5.74, 6) is 0. The fourth-order valence-corrected chi connectivity index (χ4v) is 12.2. The minimum absolute atomic E-state index is 0.363. The molecular formula is C73H52F3N3. The summed E-state index contributed by atoms with van der Waals surface area (Å²) in [5, 5.41) is 4.10. The Hall–Kier alpha value is -9.70. The molecule has 0 aliphatic heterocycles. The molecule has 11 aromatic carbocycles. The standard InChI is InChI=1S/C73H52F3N3/c1-44-37-53(39-54(38-44)73(74,75)76)59-25-15-27-69(78-65-33-29-49(55-21-11-7-17-45(55)2)40-60(65)61-41-50(30-34-66(61)78)56-22-12-8-18-46(56)3)71(59)72-64(77-6)26-16-28-70(72)79-67-35-31-51(57-23-13-9-19-47(57)4)42-62(67)63-43-52(32-36-68(63)79)58-24-14-10-20-48(58)5/h7-43H,1-5H3. The van der Waals surface area contributed by atoms with Crippen molar-refractivity contribution in [3.05, 3.63) is 269 Å². The molecule has 13 rings (SSSR count). The van der Waals surface area contributed by atoms with Crippen molar-refractivity contribution in [3.8, 4) is 78.1 Å². The number of fused-ring (bicyclic) bond motifs is 6. The van der Waals surface area contributed by atoms with Crippen molar-refractivity contribution in [3.63, 3.8) is 0 Å². The Morgan fingerprint density at radius 3 is 1.06 bits per heavy atom. The van der Waals surface area contributed by atoms with Crippen molar-refractivity contribution in [1.82, 2.24) is 9.13 Å². The van der Waals surface area contributed by atoms with Crippen LogP contribution in [0.25, 0.3) is 127 Å². The zero-order chi connectivity index (χ0) is 54.3. The summed E-state index contributed by atoms with van der Waals surface area (Å²) in [4.78, 5) is 4.31. The van der Waals surface area contributed by atoms with Crippen LogP contribution in [0.3, 0.4) is 0 Å². The van der Waals surface area contributed by atoms with Gasteiger partial charge in [0.05, 0.1) is 39.9 Å². The van der Waals surface area contributed by atoms with Crippen LogP contribution in [0, 0.1) is 41.2 Å². The third-order valence-corrected chi connectivity index (χ3v) is 16.0. The van der Waals surface area contributed by atoms with Crippen molar-refractivity contribution in [2.75, 3.05) is 0 Å². The second-order valence-electron chi connectivity index (χ2n) is 20.9. The van der Waals surface area contributed by atoms with Gasteiger partial charge in [0.15, 0.2) is 5.69 Å². The van der Waals surface area contributed by atoms with Crippen LogP contribution >= 0.6 is 0 Å². The number of benzene rings is 11. The average molecular weight is 1030 g/mol. The van der Waals surface area contributed by atoms with E-state index in [1.165, 1.54) is 12.1 Å². The minimum atomic E-state index is -4.61. The van der Waals surface area contributed by atoms with Crippen molar-refractivity contribution in [2.45, 2.75) is 40.8 Å². The van der Waals surface area contributed by atoms with Gasteiger partial charge in [0.25, 0.3) is 0 Å². The Balaban J connectivity index is 1.16. The molecule has 3 nitrogen and oxygen atoms in total. The van der Waals surface area contributed by atoms with Gasteiger partial charge in [0.2, 0.25) is 0 Å². The first-order valence-corrected chi connectivity index (χ1v) is 26.6. The molecule has 0 unspecified atom stereocenters. The first-order valence-electron chi connectivity index (χ1n) is 26.6. The summed E-state index contributed by atoms with van der Waals surface area (Å²) in [6, 6.07) is 76.0. The largest absolute Gasteiger partial charge is 0.416 e. The predicted octanol–water partition coefficient (Wildman–Crippen LogP) is 21.0. The van der Waals surface area contributed by atoms with Crippen molar-refractivity contribution >= 4 is 49.3 Å². The summed E-state index contributed by atoms with van der Waals surface area (Å²) in [6.07, 6.45) is -4.61. The van der Waals surface area contributed by atoms with Gasteiger partial charge < -0.3 is 9.13 Å². The van der Waals surface area contributed by atoms with E-state index < -0.39 is 11.7 Å². The van der Waals surface area contributed by atoms with Gasteiger partial charge >= 0.3 is 6.18 Å². The van der Waals surface area contributed by atoms with Gasteiger partial charge in [0.1, 0.15) is 0 Å². The minimum Gasteiger partial charge on any atom is -0.310 e. The van der Waals surface area contributed by atoms with Crippen LogP contribution in [0.1, 0.15) is 33.4 Å². The van der Waals surface area contributed by atoms with E-state index in [0.717, 1.165) is 122 Å². The van der Waals surface area contributed by atoms with Gasteiger partial charge in [-0.3, -0.25) is 0 Å². The lowest BCUT2D eigenvalue weighted by atomic mass is 9.89. The monoisotopic (exact) mass is 1030 g/mol. The predicted molar refractivity (Wildman–Crippen MR) is 323 cm³/mol. The van der Waals surface area contributed by atoms with E-state index in [4.69, 9.17) is 6.57 Å². The quantitative estimate of drug-likeness (QED) is 0.135. The van der Waals surface area contributed by atoms with Crippen LogP contribution in [0.2, 0.25) is 0 Å². The van der Waals surface area contributed by atoms with Crippen LogP contribution in [0.4, 0.5) is 18.9 Å². The van der Waals surface area contributed by atoms with Crippen molar-refractivity contribution in [1.29, 1.82) is 0 Å². The van der Waals surface area contributed by atoms with Gasteiger partial charge in [0, 0.05) is 38.4 Å². The van der Waals surface area contributed by atoms with Gasteiger partial charge in [-0.25, -0.2) is 4.85 Å². The van der Waals surface area contributed by atoms with Crippen LogP contribution < -0.4 is 0 Å². The second-order valence-corrected chi connectivity index (χ2v) is 20.9. The molecule has 0 radical (unpaired) electrons. The number of nitrogens with zero attached hydrogens (tertiary/aromatic N) is 3. The normalized spacial score (nSPS) is 11.8. The number of halogens is 3. The third kappa shape index (κ3) is 8.29. The third-order valence-electron chi connectivity index (χ3n) is 16.0. The Kier molecular flexibility index (Phi) is 11.8. The van der Waals surface area contributed by atoms with Gasteiger partial charge in [-0.2, -0.15) is 13.2 Å². The molecule has 13 aromatic rings. The number of aromatic nitrogens is 2. The molecular weight excluding hydrogens is 976 g/mol. The summed E-state index contributed by atoms with van der Waals surface area (Å²) >= 11 is 0. The highest BCUT2D eigenvalue weighted by molar-refractivity contribution is 6.15. The summed E-state index contributed by atoms with van der Waals surface area (Å²) in [5.41, 5.74) is 20.9. The van der Waals surface area contributed by atoms with Crippen LogP contribution in [-0.4, -0.2) is 9.13 Å². The van der Waals surface area contributed by atoms with E-state index in [-0.39, 0.29) is 0 Å². The summed E-state index contributed by atoms with van der Waals surface area (Å²) in [7, 11) is 0. The number of alkyl halides is 3. The van der Waals surface area contributed by atoms with E-state index in [0.29, 0.717) is 33.5 Å². The average Bonchev–Trinajstić information content (AvgIpc) is 4.04. The SMILES string of the molecule is [C-]#[N+]c1cccc(-n2c3ccc(-c4ccccc4C)cc3c3cc(-c4ccccc4C)ccc32)c1-c1c(-c2cc(C)cc(C(F)(F)F)c2)cccc1-n1c2ccc(-c3ccccc3C)cc2c2cc(-c3ccccc3C)ccc21. The lowest BCUT2D eigenvalue weighted by Crippen LogP contribution is -2.06. The summed E-state index contributed by atoms with van der Waals surface area (Å²) in [6.45, 7) is 19.2. The molecule has 6 heteroatoms. The molecule has 0 bridgehead atoms. The maximum atomic E-state index is 15.0. The molecule has 0 amide bonds. The smallest absolute Gasteiger partial charge is 0.310 e.